The van der Waals surface area contributed by atoms with Crippen molar-refractivity contribution in [1.29, 1.82) is 0 Å². The van der Waals surface area contributed by atoms with Crippen molar-refractivity contribution < 1.29 is 5.11 Å². The molecule has 1 saturated heterocycles. The Morgan fingerprint density at radius 1 is 1.20 bits per heavy atom. The summed E-state index contributed by atoms with van der Waals surface area (Å²) in [5.41, 5.74) is 0.529. The van der Waals surface area contributed by atoms with Crippen molar-refractivity contribution in [2.45, 2.75) is 71.8 Å². The minimum atomic E-state index is -0.0531. The average Bonchev–Trinajstić information content (AvgIpc) is 2.48. The average molecular weight is 284 g/mol. The monoisotopic (exact) mass is 284 g/mol. The van der Waals surface area contributed by atoms with Gasteiger partial charge in [-0.15, -0.1) is 0 Å². The van der Waals surface area contributed by atoms with E-state index >= 15 is 0 Å². The van der Waals surface area contributed by atoms with Gasteiger partial charge >= 0.3 is 0 Å². The molecule has 1 heterocycles. The lowest BCUT2D eigenvalue weighted by Crippen LogP contribution is -2.48. The summed E-state index contributed by atoms with van der Waals surface area (Å²) < 4.78 is 0. The van der Waals surface area contributed by atoms with Crippen molar-refractivity contribution in [3.63, 3.8) is 0 Å². The highest BCUT2D eigenvalue weighted by Crippen LogP contribution is 2.34. The summed E-state index contributed by atoms with van der Waals surface area (Å²) in [5, 5.41) is 13.2. The van der Waals surface area contributed by atoms with E-state index in [9.17, 15) is 5.11 Å². The Labute approximate surface area is 126 Å². The highest BCUT2D eigenvalue weighted by molar-refractivity contribution is 4.87. The maximum atomic E-state index is 9.67. The van der Waals surface area contributed by atoms with E-state index in [0.29, 0.717) is 5.41 Å². The third-order valence-electron chi connectivity index (χ3n) is 5.58. The number of rotatable bonds is 9. The smallest absolute Gasteiger partial charge is 0.0613 e. The Hall–Kier alpha value is -0.120. The second-order valence-corrected chi connectivity index (χ2v) is 6.93. The van der Waals surface area contributed by atoms with Crippen LogP contribution in [0.4, 0.5) is 0 Å². The van der Waals surface area contributed by atoms with Gasteiger partial charge in [-0.25, -0.2) is 0 Å². The third kappa shape index (κ3) is 5.01. The van der Waals surface area contributed by atoms with Crippen molar-refractivity contribution >= 4 is 0 Å². The van der Waals surface area contributed by atoms with Crippen molar-refractivity contribution in [1.82, 2.24) is 10.2 Å². The Morgan fingerprint density at radius 3 is 2.30 bits per heavy atom. The lowest BCUT2D eigenvalue weighted by molar-refractivity contribution is 0.103. The maximum Gasteiger partial charge on any atom is 0.0613 e. The molecular formula is C17H36N2O. The van der Waals surface area contributed by atoms with E-state index < -0.39 is 0 Å². The number of likely N-dealkylation sites (tertiary alicyclic amines) is 1. The van der Waals surface area contributed by atoms with Crippen LogP contribution in [-0.4, -0.2) is 48.3 Å². The van der Waals surface area contributed by atoms with E-state index in [-0.39, 0.29) is 12.1 Å². The molecule has 0 bridgehead atoms. The minimum Gasteiger partial charge on any atom is -0.394 e. The van der Waals surface area contributed by atoms with E-state index in [1.807, 2.05) is 0 Å². The molecule has 0 aromatic rings. The zero-order chi connectivity index (χ0) is 15.1. The molecule has 2 N–H and O–H groups in total. The first kappa shape index (κ1) is 17.9. The molecule has 3 heteroatoms. The summed E-state index contributed by atoms with van der Waals surface area (Å²) in [6.07, 6.45) is 7.26. The lowest BCUT2D eigenvalue weighted by atomic mass is 9.78. The van der Waals surface area contributed by atoms with Crippen LogP contribution >= 0.6 is 0 Å². The fourth-order valence-corrected chi connectivity index (χ4v) is 3.32. The lowest BCUT2D eigenvalue weighted by Gasteiger charge is -2.39. The van der Waals surface area contributed by atoms with Gasteiger partial charge in [0.25, 0.3) is 0 Å². The van der Waals surface area contributed by atoms with Crippen LogP contribution in [0.3, 0.4) is 0 Å². The van der Waals surface area contributed by atoms with Crippen LogP contribution in [0.25, 0.3) is 0 Å². The Balaban J connectivity index is 2.30. The second-order valence-electron chi connectivity index (χ2n) is 6.93. The molecule has 120 valence electrons. The number of likely N-dealkylation sites (N-methyl/N-ethyl adjacent to an activating group) is 1. The normalized spacial score (nSPS) is 22.6. The summed E-state index contributed by atoms with van der Waals surface area (Å²) in [4.78, 5) is 2.61. The van der Waals surface area contributed by atoms with Crippen LogP contribution < -0.4 is 5.32 Å². The summed E-state index contributed by atoms with van der Waals surface area (Å²) in [6, 6.07) is 0. The summed E-state index contributed by atoms with van der Waals surface area (Å²) in [6.45, 7) is 13.9. The molecule has 1 unspecified atom stereocenters. The van der Waals surface area contributed by atoms with Gasteiger partial charge in [-0.1, -0.05) is 34.1 Å². The van der Waals surface area contributed by atoms with E-state index in [2.05, 4.69) is 37.9 Å². The third-order valence-corrected chi connectivity index (χ3v) is 5.58. The number of nitrogens with one attached hydrogen (secondary N) is 1. The van der Waals surface area contributed by atoms with Crippen molar-refractivity contribution in [3.8, 4) is 0 Å². The van der Waals surface area contributed by atoms with Gasteiger partial charge in [0.2, 0.25) is 0 Å². The fraction of sp³-hybridized carbons (Fsp3) is 1.00. The van der Waals surface area contributed by atoms with Crippen molar-refractivity contribution in [2.75, 3.05) is 32.8 Å². The van der Waals surface area contributed by atoms with Gasteiger partial charge in [0.15, 0.2) is 0 Å². The van der Waals surface area contributed by atoms with Gasteiger partial charge in [0.1, 0.15) is 0 Å². The molecule has 1 fully saturated rings. The molecule has 20 heavy (non-hydrogen) atoms. The van der Waals surface area contributed by atoms with Crippen LogP contribution in [0.5, 0.6) is 0 Å². The Kier molecular flexibility index (Phi) is 7.49. The zero-order valence-electron chi connectivity index (χ0n) is 14.2. The van der Waals surface area contributed by atoms with Crippen molar-refractivity contribution in [2.24, 2.45) is 5.41 Å². The molecule has 0 saturated carbocycles. The van der Waals surface area contributed by atoms with Crippen molar-refractivity contribution in [3.05, 3.63) is 0 Å². The minimum absolute atomic E-state index is 0.0531. The number of hydrogen-bond acceptors (Lipinski definition) is 3. The van der Waals surface area contributed by atoms with Crippen LogP contribution in [0.1, 0.15) is 66.2 Å². The first-order valence-corrected chi connectivity index (χ1v) is 8.61. The fourth-order valence-electron chi connectivity index (χ4n) is 3.32. The molecule has 0 aromatic heterocycles. The molecule has 0 radical (unpaired) electrons. The molecule has 1 atom stereocenters. The van der Waals surface area contributed by atoms with Gasteiger partial charge < -0.3 is 15.3 Å². The Morgan fingerprint density at radius 2 is 1.85 bits per heavy atom. The zero-order valence-corrected chi connectivity index (χ0v) is 14.2. The van der Waals surface area contributed by atoms with Gasteiger partial charge in [-0.05, 0) is 63.7 Å². The quantitative estimate of drug-likeness (QED) is 0.683. The molecule has 0 aliphatic carbocycles. The predicted octanol–water partition coefficient (Wildman–Crippen LogP) is 3.03. The molecular weight excluding hydrogens is 248 g/mol. The summed E-state index contributed by atoms with van der Waals surface area (Å²) >= 11 is 0. The maximum absolute atomic E-state index is 9.67. The van der Waals surface area contributed by atoms with Gasteiger partial charge in [0.05, 0.1) is 6.61 Å². The Bertz CT molecular complexity index is 256. The topological polar surface area (TPSA) is 35.5 Å². The van der Waals surface area contributed by atoms with E-state index in [4.69, 9.17) is 0 Å². The number of aliphatic hydroxyl groups is 1. The van der Waals surface area contributed by atoms with Gasteiger partial charge in [-0.2, -0.15) is 0 Å². The standard InChI is InChI=1S/C17H36N2O/c1-5-16(4)10-13-19(14-11-16)12-8-9-17(6-2,15-20)18-7-3/h18,20H,5-15H2,1-4H3. The molecule has 1 aliphatic heterocycles. The first-order chi connectivity index (χ1) is 9.53. The van der Waals surface area contributed by atoms with E-state index in [0.717, 1.165) is 19.4 Å². The molecule has 1 rings (SSSR count). The number of aliphatic hydroxyl groups excluding tert-OH is 1. The van der Waals surface area contributed by atoms with Crippen LogP contribution in [0.15, 0.2) is 0 Å². The largest absolute Gasteiger partial charge is 0.394 e. The molecule has 3 nitrogen and oxygen atoms in total. The molecule has 0 spiro atoms. The predicted molar refractivity (Wildman–Crippen MR) is 87.1 cm³/mol. The number of nitrogens with zero attached hydrogens (tertiary/aromatic N) is 1. The number of piperidine rings is 1. The van der Waals surface area contributed by atoms with Crippen LogP contribution in [0.2, 0.25) is 0 Å². The second kappa shape index (κ2) is 8.35. The van der Waals surface area contributed by atoms with E-state index in [1.165, 1.54) is 45.3 Å². The van der Waals surface area contributed by atoms with Crippen LogP contribution in [0, 0.1) is 5.41 Å². The summed E-state index contributed by atoms with van der Waals surface area (Å²) in [7, 11) is 0. The van der Waals surface area contributed by atoms with Crippen LogP contribution in [-0.2, 0) is 0 Å². The molecule has 0 aromatic carbocycles. The van der Waals surface area contributed by atoms with Gasteiger partial charge in [-0.3, -0.25) is 0 Å². The highest BCUT2D eigenvalue weighted by atomic mass is 16.3. The molecule has 0 amide bonds. The van der Waals surface area contributed by atoms with Gasteiger partial charge in [0, 0.05) is 5.54 Å². The summed E-state index contributed by atoms with van der Waals surface area (Å²) in [5.74, 6) is 0. The number of hydrogen-bond donors (Lipinski definition) is 2. The first-order valence-electron chi connectivity index (χ1n) is 8.61. The molecule has 1 aliphatic rings. The highest BCUT2D eigenvalue weighted by Gasteiger charge is 2.29. The van der Waals surface area contributed by atoms with E-state index in [1.54, 1.807) is 0 Å². The SMILES string of the molecule is CCNC(CC)(CO)CCCN1CCC(C)(CC)CC1.